The third-order valence-electron chi connectivity index (χ3n) is 5.45. The summed E-state index contributed by atoms with van der Waals surface area (Å²) >= 11 is 7.82. The van der Waals surface area contributed by atoms with Crippen molar-refractivity contribution < 1.29 is 4.74 Å². The average Bonchev–Trinajstić information content (AvgIpc) is 3.26. The van der Waals surface area contributed by atoms with Crippen molar-refractivity contribution in [3.05, 3.63) is 51.5 Å². The predicted octanol–water partition coefficient (Wildman–Crippen LogP) is 4.05. The predicted molar refractivity (Wildman–Crippen MR) is 121 cm³/mol. The van der Waals surface area contributed by atoms with Crippen molar-refractivity contribution in [3.8, 4) is 0 Å². The van der Waals surface area contributed by atoms with Crippen molar-refractivity contribution >= 4 is 44.6 Å². The van der Waals surface area contributed by atoms with E-state index in [4.69, 9.17) is 26.3 Å². The van der Waals surface area contributed by atoms with Gasteiger partial charge in [-0.15, -0.1) is 11.3 Å². The molecule has 0 radical (unpaired) electrons. The van der Waals surface area contributed by atoms with E-state index in [0.29, 0.717) is 11.6 Å². The number of hydrogen-bond acceptors (Lipinski definition) is 7. The van der Waals surface area contributed by atoms with Crippen LogP contribution in [0.4, 0.5) is 5.82 Å². The van der Waals surface area contributed by atoms with Crippen LogP contribution in [0.5, 0.6) is 0 Å². The molecule has 0 saturated carbocycles. The van der Waals surface area contributed by atoms with Gasteiger partial charge in [-0.2, -0.15) is 0 Å². The van der Waals surface area contributed by atoms with Crippen molar-refractivity contribution in [2.24, 2.45) is 0 Å². The smallest absolute Gasteiger partial charge is 0.146 e. The van der Waals surface area contributed by atoms with Crippen LogP contribution in [-0.4, -0.2) is 50.6 Å². The van der Waals surface area contributed by atoms with Gasteiger partial charge in [-0.1, -0.05) is 11.6 Å². The molecule has 1 fully saturated rings. The van der Waals surface area contributed by atoms with E-state index >= 15 is 0 Å². The highest BCUT2D eigenvalue weighted by Crippen LogP contribution is 2.33. The lowest BCUT2D eigenvalue weighted by atomic mass is 10.2. The van der Waals surface area contributed by atoms with E-state index in [0.717, 1.165) is 66.0 Å². The molecule has 156 valence electrons. The second-order valence-corrected chi connectivity index (χ2v) is 9.18. The van der Waals surface area contributed by atoms with Crippen molar-refractivity contribution in [2.45, 2.75) is 26.9 Å². The van der Waals surface area contributed by atoms with Crippen LogP contribution < -0.4 is 5.32 Å². The minimum atomic E-state index is 0.580. The molecule has 1 aliphatic rings. The van der Waals surface area contributed by atoms with Crippen LogP contribution in [0.15, 0.2) is 24.5 Å². The largest absolute Gasteiger partial charge is 0.379 e. The number of morpholine rings is 1. The first kappa shape index (κ1) is 19.7. The minimum absolute atomic E-state index is 0.580. The molecule has 5 heterocycles. The number of imidazole rings is 1. The maximum Gasteiger partial charge on any atom is 0.146 e. The lowest BCUT2D eigenvalue weighted by molar-refractivity contribution is 0.0331. The fourth-order valence-corrected chi connectivity index (χ4v) is 4.94. The van der Waals surface area contributed by atoms with Gasteiger partial charge in [0.05, 0.1) is 42.4 Å². The van der Waals surface area contributed by atoms with Gasteiger partial charge in [0.15, 0.2) is 0 Å². The summed E-state index contributed by atoms with van der Waals surface area (Å²) in [5.74, 6) is 1.72. The Labute approximate surface area is 183 Å². The molecule has 0 aromatic carbocycles. The highest BCUT2D eigenvalue weighted by molar-refractivity contribution is 7.18. The summed E-state index contributed by atoms with van der Waals surface area (Å²) in [6.07, 6.45) is 3.86. The first-order valence-electron chi connectivity index (χ1n) is 10.0. The second-order valence-electron chi connectivity index (χ2n) is 7.54. The first-order chi connectivity index (χ1) is 14.6. The molecule has 0 aliphatic carbocycles. The highest BCUT2D eigenvalue weighted by Gasteiger charge is 2.18. The Morgan fingerprint density at radius 1 is 1.13 bits per heavy atom. The van der Waals surface area contributed by atoms with Crippen molar-refractivity contribution in [1.82, 2.24) is 24.3 Å². The van der Waals surface area contributed by atoms with E-state index in [2.05, 4.69) is 29.0 Å². The number of nitrogens with zero attached hydrogens (tertiary/aromatic N) is 5. The summed E-state index contributed by atoms with van der Waals surface area (Å²) in [6, 6.07) is 3.77. The lowest BCUT2D eigenvalue weighted by Crippen LogP contribution is -2.36. The number of anilines is 1. The summed E-state index contributed by atoms with van der Waals surface area (Å²) in [6.45, 7) is 8.95. The van der Waals surface area contributed by atoms with Crippen molar-refractivity contribution in [3.63, 3.8) is 0 Å². The topological polar surface area (TPSA) is 67.6 Å². The summed E-state index contributed by atoms with van der Waals surface area (Å²) in [5, 5.41) is 5.31. The minimum Gasteiger partial charge on any atom is -0.379 e. The third-order valence-corrected chi connectivity index (χ3v) is 6.77. The first-order valence-corrected chi connectivity index (χ1v) is 11.2. The molecule has 0 amide bonds. The van der Waals surface area contributed by atoms with Crippen molar-refractivity contribution in [2.75, 3.05) is 31.6 Å². The zero-order chi connectivity index (χ0) is 20.7. The Morgan fingerprint density at radius 3 is 2.80 bits per heavy atom. The highest BCUT2D eigenvalue weighted by atomic mass is 35.5. The van der Waals surface area contributed by atoms with Gasteiger partial charge in [0, 0.05) is 30.4 Å². The molecule has 5 rings (SSSR count). The molecular formula is C21H23ClN6OS. The molecule has 1 aliphatic heterocycles. The summed E-state index contributed by atoms with van der Waals surface area (Å²) in [4.78, 5) is 19.1. The Morgan fingerprint density at radius 2 is 1.97 bits per heavy atom. The number of thiophene rings is 1. The van der Waals surface area contributed by atoms with Crippen LogP contribution in [0.25, 0.3) is 15.9 Å². The van der Waals surface area contributed by atoms with Crippen LogP contribution in [-0.2, 0) is 17.8 Å². The van der Waals surface area contributed by atoms with E-state index < -0.39 is 0 Å². The maximum absolute atomic E-state index is 6.09. The number of aryl methyl sites for hydroxylation is 2. The number of hydrogen-bond donors (Lipinski definition) is 1. The SMILES string of the molecule is Cc1sc2nc(CN3CCOCC3)nc(NCc3cn4cc(Cl)ccc4n3)c2c1C. The fraction of sp³-hybridized carbons (Fsp3) is 0.381. The molecular weight excluding hydrogens is 420 g/mol. The summed E-state index contributed by atoms with van der Waals surface area (Å²) < 4.78 is 7.40. The molecule has 9 heteroatoms. The molecule has 0 unspecified atom stereocenters. The van der Waals surface area contributed by atoms with Crippen molar-refractivity contribution in [1.29, 1.82) is 0 Å². The number of ether oxygens (including phenoxy) is 1. The lowest BCUT2D eigenvalue weighted by Gasteiger charge is -2.25. The number of aromatic nitrogens is 4. The van der Waals surface area contributed by atoms with Crippen LogP contribution >= 0.6 is 22.9 Å². The van der Waals surface area contributed by atoms with Crippen LogP contribution in [0.1, 0.15) is 22.0 Å². The van der Waals surface area contributed by atoms with Gasteiger partial charge in [-0.3, -0.25) is 4.90 Å². The zero-order valence-electron chi connectivity index (χ0n) is 17.0. The number of pyridine rings is 1. The monoisotopic (exact) mass is 442 g/mol. The van der Waals surface area contributed by atoms with Crippen LogP contribution in [0, 0.1) is 13.8 Å². The average molecular weight is 443 g/mol. The Bertz CT molecular complexity index is 1210. The fourth-order valence-electron chi connectivity index (χ4n) is 3.73. The molecule has 1 N–H and O–H groups in total. The molecule has 4 aromatic heterocycles. The molecule has 4 aromatic rings. The Kier molecular flexibility index (Phi) is 5.32. The van der Waals surface area contributed by atoms with Gasteiger partial charge in [-0.25, -0.2) is 15.0 Å². The molecule has 0 spiro atoms. The quantitative estimate of drug-likeness (QED) is 0.503. The van der Waals surface area contributed by atoms with E-state index in [1.54, 1.807) is 11.3 Å². The van der Waals surface area contributed by atoms with E-state index in [-0.39, 0.29) is 0 Å². The Hall–Kier alpha value is -2.26. The van der Waals surface area contributed by atoms with Gasteiger partial charge in [0.2, 0.25) is 0 Å². The number of nitrogens with one attached hydrogen (secondary N) is 1. The number of rotatable bonds is 5. The van der Waals surface area contributed by atoms with Gasteiger partial charge >= 0.3 is 0 Å². The van der Waals surface area contributed by atoms with E-state index in [1.165, 1.54) is 10.4 Å². The summed E-state index contributed by atoms with van der Waals surface area (Å²) in [5.41, 5.74) is 3.04. The molecule has 0 atom stereocenters. The van der Waals surface area contributed by atoms with Gasteiger partial charge in [0.1, 0.15) is 22.1 Å². The Balaban J connectivity index is 1.44. The third kappa shape index (κ3) is 3.88. The van der Waals surface area contributed by atoms with Crippen LogP contribution in [0.2, 0.25) is 5.02 Å². The standard InChI is InChI=1S/C21H23ClN6OS/c1-13-14(2)30-21-19(13)20(25-17(26-21)12-27-5-7-29-8-6-27)23-9-16-11-28-10-15(22)3-4-18(28)24-16/h3-4,10-11H,5-9,12H2,1-2H3,(H,23,25,26). The second kappa shape index (κ2) is 8.11. The zero-order valence-corrected chi connectivity index (χ0v) is 18.6. The summed E-state index contributed by atoms with van der Waals surface area (Å²) in [7, 11) is 0. The number of halogens is 1. The normalized spacial score (nSPS) is 15.3. The van der Waals surface area contributed by atoms with E-state index in [1.807, 2.05) is 28.9 Å². The maximum atomic E-state index is 6.09. The molecule has 30 heavy (non-hydrogen) atoms. The van der Waals surface area contributed by atoms with Gasteiger partial charge in [0.25, 0.3) is 0 Å². The number of fused-ring (bicyclic) bond motifs is 2. The van der Waals surface area contributed by atoms with Gasteiger partial charge < -0.3 is 14.5 Å². The van der Waals surface area contributed by atoms with Gasteiger partial charge in [-0.05, 0) is 31.5 Å². The van der Waals surface area contributed by atoms with E-state index in [9.17, 15) is 0 Å². The van der Waals surface area contributed by atoms with Crippen LogP contribution in [0.3, 0.4) is 0 Å². The molecule has 7 nitrogen and oxygen atoms in total. The molecule has 1 saturated heterocycles. The molecule has 0 bridgehead atoms.